The highest BCUT2D eigenvalue weighted by Crippen LogP contribution is 2.19. The Balaban J connectivity index is 1.97. The van der Waals surface area contributed by atoms with Crippen LogP contribution in [-0.4, -0.2) is 27.3 Å². The van der Waals surface area contributed by atoms with Crippen LogP contribution in [0.5, 0.6) is 0 Å². The normalized spacial score (nSPS) is 11.0. The van der Waals surface area contributed by atoms with Crippen LogP contribution in [0.15, 0.2) is 64.5 Å². The number of fused-ring (bicyclic) bond motifs is 1. The zero-order valence-electron chi connectivity index (χ0n) is 14.8. The SMILES string of the molecule is CC(C)NC(=O)CSc1nc2ccccc2c(=O)n1Cc1ccccc1. The standard InChI is InChI=1S/C20H21N3O2S/c1-14(2)21-18(24)13-26-20-22-17-11-7-6-10-16(17)19(25)23(20)12-15-8-4-3-5-9-15/h3-11,14H,12-13H2,1-2H3,(H,21,24). The highest BCUT2D eigenvalue weighted by Gasteiger charge is 2.14. The zero-order valence-corrected chi connectivity index (χ0v) is 15.6. The molecule has 2 aromatic carbocycles. The fourth-order valence-electron chi connectivity index (χ4n) is 2.66. The number of carbonyl (C=O) groups is 1. The smallest absolute Gasteiger partial charge is 0.262 e. The molecule has 3 rings (SSSR count). The van der Waals surface area contributed by atoms with E-state index in [1.807, 2.05) is 62.4 Å². The molecule has 0 aliphatic carbocycles. The van der Waals surface area contributed by atoms with Crippen LogP contribution < -0.4 is 10.9 Å². The Morgan fingerprint density at radius 1 is 1.12 bits per heavy atom. The number of nitrogens with zero attached hydrogens (tertiary/aromatic N) is 2. The van der Waals surface area contributed by atoms with Gasteiger partial charge in [-0.2, -0.15) is 0 Å². The van der Waals surface area contributed by atoms with Gasteiger partial charge >= 0.3 is 0 Å². The summed E-state index contributed by atoms with van der Waals surface area (Å²) in [5.74, 6) is 0.149. The van der Waals surface area contributed by atoms with E-state index in [2.05, 4.69) is 10.3 Å². The molecule has 0 unspecified atom stereocenters. The summed E-state index contributed by atoms with van der Waals surface area (Å²) in [6.07, 6.45) is 0. The first kappa shape index (κ1) is 18.2. The maximum atomic E-state index is 13.0. The predicted octanol–water partition coefficient (Wildman–Crippen LogP) is 3.06. The first-order valence-electron chi connectivity index (χ1n) is 8.50. The minimum atomic E-state index is -0.0915. The van der Waals surface area contributed by atoms with Crippen LogP contribution in [0.2, 0.25) is 0 Å². The lowest BCUT2D eigenvalue weighted by molar-refractivity contribution is -0.119. The van der Waals surface area contributed by atoms with Crippen molar-refractivity contribution in [2.75, 3.05) is 5.75 Å². The monoisotopic (exact) mass is 367 g/mol. The van der Waals surface area contributed by atoms with Gasteiger partial charge in [0, 0.05) is 6.04 Å². The number of hydrogen-bond donors (Lipinski definition) is 1. The third-order valence-corrected chi connectivity index (χ3v) is 4.77. The number of hydrogen-bond acceptors (Lipinski definition) is 4. The molecular weight excluding hydrogens is 346 g/mol. The molecule has 1 aromatic heterocycles. The molecule has 0 aliphatic heterocycles. The highest BCUT2D eigenvalue weighted by atomic mass is 32.2. The number of para-hydroxylation sites is 1. The maximum Gasteiger partial charge on any atom is 0.262 e. The quantitative estimate of drug-likeness (QED) is 0.537. The average molecular weight is 367 g/mol. The molecule has 134 valence electrons. The maximum absolute atomic E-state index is 13.0. The number of benzene rings is 2. The summed E-state index contributed by atoms with van der Waals surface area (Å²) in [5.41, 5.74) is 1.57. The summed E-state index contributed by atoms with van der Waals surface area (Å²) in [6.45, 7) is 4.26. The lowest BCUT2D eigenvalue weighted by Gasteiger charge is -2.14. The van der Waals surface area contributed by atoms with Crippen LogP contribution in [-0.2, 0) is 11.3 Å². The van der Waals surface area contributed by atoms with Crippen LogP contribution in [0.1, 0.15) is 19.4 Å². The van der Waals surface area contributed by atoms with Gasteiger partial charge in [0.2, 0.25) is 5.91 Å². The second-order valence-corrected chi connectivity index (χ2v) is 7.24. The molecule has 6 heteroatoms. The van der Waals surface area contributed by atoms with E-state index in [0.717, 1.165) is 5.56 Å². The van der Waals surface area contributed by atoms with Gasteiger partial charge < -0.3 is 5.32 Å². The van der Waals surface area contributed by atoms with Crippen LogP contribution in [0, 0.1) is 0 Å². The summed E-state index contributed by atoms with van der Waals surface area (Å²) in [5, 5.41) is 3.99. The van der Waals surface area contributed by atoms with Gasteiger partial charge in [0.15, 0.2) is 5.16 Å². The molecule has 1 amide bonds. The largest absolute Gasteiger partial charge is 0.353 e. The molecule has 5 nitrogen and oxygen atoms in total. The summed E-state index contributed by atoms with van der Waals surface area (Å²) in [6, 6.07) is 17.2. The van der Waals surface area contributed by atoms with Gasteiger partial charge in [0.05, 0.1) is 23.2 Å². The Bertz CT molecular complexity index is 968. The van der Waals surface area contributed by atoms with Crippen LogP contribution in [0.3, 0.4) is 0 Å². The lowest BCUT2D eigenvalue weighted by Crippen LogP contribution is -2.32. The molecule has 1 N–H and O–H groups in total. The van der Waals surface area contributed by atoms with Gasteiger partial charge in [0.1, 0.15) is 0 Å². The molecule has 0 radical (unpaired) electrons. The topological polar surface area (TPSA) is 64.0 Å². The zero-order chi connectivity index (χ0) is 18.5. The van der Waals surface area contributed by atoms with E-state index in [1.54, 1.807) is 10.6 Å². The Kier molecular flexibility index (Phi) is 5.73. The van der Waals surface area contributed by atoms with Crippen molar-refractivity contribution >= 4 is 28.6 Å². The van der Waals surface area contributed by atoms with Crippen LogP contribution in [0.4, 0.5) is 0 Å². The van der Waals surface area contributed by atoms with Gasteiger partial charge in [-0.15, -0.1) is 0 Å². The summed E-state index contributed by atoms with van der Waals surface area (Å²) in [4.78, 5) is 29.6. The number of thioether (sulfide) groups is 1. The van der Waals surface area contributed by atoms with Crippen molar-refractivity contribution in [1.29, 1.82) is 0 Å². The highest BCUT2D eigenvalue weighted by molar-refractivity contribution is 7.99. The Morgan fingerprint density at radius 2 is 1.81 bits per heavy atom. The molecule has 0 fully saturated rings. The third kappa shape index (κ3) is 4.32. The molecule has 0 saturated carbocycles. The second-order valence-electron chi connectivity index (χ2n) is 6.30. The molecule has 3 aromatic rings. The van der Waals surface area contributed by atoms with Gasteiger partial charge in [-0.25, -0.2) is 4.98 Å². The van der Waals surface area contributed by atoms with Gasteiger partial charge in [-0.1, -0.05) is 54.2 Å². The van der Waals surface area contributed by atoms with E-state index in [9.17, 15) is 9.59 Å². The molecule has 0 atom stereocenters. The Hall–Kier alpha value is -2.60. The summed E-state index contributed by atoms with van der Waals surface area (Å²) < 4.78 is 1.64. The van der Waals surface area contributed by atoms with Gasteiger partial charge in [0.25, 0.3) is 5.56 Å². The number of carbonyl (C=O) groups excluding carboxylic acids is 1. The van der Waals surface area contributed by atoms with Crippen molar-refractivity contribution in [2.45, 2.75) is 31.6 Å². The van der Waals surface area contributed by atoms with Crippen molar-refractivity contribution in [3.8, 4) is 0 Å². The lowest BCUT2D eigenvalue weighted by atomic mass is 10.2. The Labute approximate surface area is 156 Å². The molecular formula is C20H21N3O2S. The first-order chi connectivity index (χ1) is 12.5. The molecule has 0 bridgehead atoms. The van der Waals surface area contributed by atoms with Gasteiger partial charge in [-0.05, 0) is 31.5 Å². The van der Waals surface area contributed by atoms with E-state index in [-0.39, 0.29) is 23.3 Å². The Morgan fingerprint density at radius 3 is 2.54 bits per heavy atom. The van der Waals surface area contributed by atoms with Gasteiger partial charge in [-0.3, -0.25) is 14.2 Å². The van der Waals surface area contributed by atoms with Crippen molar-refractivity contribution < 1.29 is 4.79 Å². The second kappa shape index (κ2) is 8.19. The number of aromatic nitrogens is 2. The fourth-order valence-corrected chi connectivity index (χ4v) is 3.47. The molecule has 26 heavy (non-hydrogen) atoms. The molecule has 0 aliphatic rings. The minimum absolute atomic E-state index is 0.0707. The summed E-state index contributed by atoms with van der Waals surface area (Å²) >= 11 is 1.29. The van der Waals surface area contributed by atoms with E-state index in [1.165, 1.54) is 11.8 Å². The van der Waals surface area contributed by atoms with Crippen molar-refractivity contribution in [3.63, 3.8) is 0 Å². The third-order valence-electron chi connectivity index (χ3n) is 3.79. The van der Waals surface area contributed by atoms with Crippen molar-refractivity contribution in [3.05, 3.63) is 70.5 Å². The van der Waals surface area contributed by atoms with E-state index >= 15 is 0 Å². The van der Waals surface area contributed by atoms with Crippen molar-refractivity contribution in [2.24, 2.45) is 0 Å². The first-order valence-corrected chi connectivity index (χ1v) is 9.49. The average Bonchev–Trinajstić information content (AvgIpc) is 2.63. The molecule has 0 saturated heterocycles. The van der Waals surface area contributed by atoms with E-state index in [4.69, 9.17) is 0 Å². The van der Waals surface area contributed by atoms with Crippen molar-refractivity contribution in [1.82, 2.24) is 14.9 Å². The number of nitrogens with one attached hydrogen (secondary N) is 1. The molecule has 1 heterocycles. The summed E-state index contributed by atoms with van der Waals surface area (Å²) in [7, 11) is 0. The van der Waals surface area contributed by atoms with Crippen LogP contribution in [0.25, 0.3) is 10.9 Å². The molecule has 0 spiro atoms. The van der Waals surface area contributed by atoms with E-state index < -0.39 is 0 Å². The fraction of sp³-hybridized carbons (Fsp3) is 0.250. The minimum Gasteiger partial charge on any atom is -0.353 e. The van der Waals surface area contributed by atoms with E-state index in [0.29, 0.717) is 22.6 Å². The number of amides is 1. The van der Waals surface area contributed by atoms with Crippen LogP contribution >= 0.6 is 11.8 Å². The predicted molar refractivity (Wildman–Crippen MR) is 106 cm³/mol. The number of rotatable bonds is 6.